The van der Waals surface area contributed by atoms with Crippen LogP contribution in [0.15, 0.2) is 73.6 Å². The van der Waals surface area contributed by atoms with E-state index in [4.69, 9.17) is 4.98 Å². The van der Waals surface area contributed by atoms with Crippen molar-refractivity contribution in [3.05, 3.63) is 85.0 Å². The Balaban J connectivity index is 1.34. The molecule has 3 aliphatic rings. The van der Waals surface area contributed by atoms with Gasteiger partial charge in [0.15, 0.2) is 0 Å². The second-order valence-corrected chi connectivity index (χ2v) is 22.0. The monoisotopic (exact) mass is 1000 g/mol. The second kappa shape index (κ2) is 23.1. The number of fused-ring (bicyclic) bond motifs is 4. The van der Waals surface area contributed by atoms with Gasteiger partial charge >= 0.3 is 0 Å². The van der Waals surface area contributed by atoms with Crippen molar-refractivity contribution in [3.63, 3.8) is 0 Å². The first-order chi connectivity index (χ1) is 34.7. The maximum atomic E-state index is 15.4. The third-order valence-corrected chi connectivity index (χ3v) is 15.1. The molecule has 0 unspecified atom stereocenters. The van der Waals surface area contributed by atoms with E-state index in [-0.39, 0.29) is 49.4 Å². The Morgan fingerprint density at radius 2 is 1.34 bits per heavy atom. The van der Waals surface area contributed by atoms with Crippen LogP contribution in [-0.2, 0) is 51.9 Å². The van der Waals surface area contributed by atoms with Crippen LogP contribution in [0.2, 0.25) is 0 Å². The van der Waals surface area contributed by atoms with Crippen LogP contribution in [0.3, 0.4) is 0 Å². The number of carbonyl (C=O) groups excluding carboxylic acids is 7. The van der Waals surface area contributed by atoms with E-state index in [0.29, 0.717) is 31.2 Å². The number of benzene rings is 2. The molecule has 7 amide bonds. The van der Waals surface area contributed by atoms with E-state index in [9.17, 15) is 24.0 Å². The Kier molecular flexibility index (Phi) is 17.1. The zero-order chi connectivity index (χ0) is 52.9. The van der Waals surface area contributed by atoms with Crippen LogP contribution in [-0.4, -0.2) is 134 Å². The summed E-state index contributed by atoms with van der Waals surface area (Å²) in [4.78, 5) is 117. The number of carbonyl (C=O) groups is 7. The molecule has 73 heavy (non-hydrogen) atoms. The molecular weight excluding hydrogens is 925 g/mol. The van der Waals surface area contributed by atoms with Crippen LogP contribution in [0.1, 0.15) is 111 Å². The molecule has 2 saturated heterocycles. The Labute approximate surface area is 429 Å². The first-order valence-electron chi connectivity index (χ1n) is 26.2. The number of nitrogens with one attached hydrogen (secondary N) is 4. The molecule has 392 valence electrons. The van der Waals surface area contributed by atoms with Gasteiger partial charge in [0.05, 0.1) is 11.1 Å². The summed E-state index contributed by atoms with van der Waals surface area (Å²) in [6, 6.07) is 7.41. The zero-order valence-electron chi connectivity index (χ0n) is 44.2. The highest BCUT2D eigenvalue weighted by Gasteiger charge is 2.43. The van der Waals surface area contributed by atoms with E-state index in [1.165, 1.54) is 35.7 Å². The normalized spacial score (nSPS) is 24.8. The average molecular weight is 1000 g/mol. The molecule has 4 heterocycles. The number of piperidine rings is 1. The van der Waals surface area contributed by atoms with Crippen LogP contribution in [0, 0.1) is 17.8 Å². The Morgan fingerprint density at radius 1 is 0.712 bits per heavy atom. The molecule has 2 aromatic heterocycles. The topological polar surface area (TPSA) is 208 Å². The van der Waals surface area contributed by atoms with E-state index in [1.54, 1.807) is 6.20 Å². The largest absolute Gasteiger partial charge is 0.343 e. The predicted molar refractivity (Wildman–Crippen MR) is 281 cm³/mol. The molecule has 2 bridgehead atoms. The molecule has 4 N–H and O–H groups in total. The minimum absolute atomic E-state index is 0.0270. The summed E-state index contributed by atoms with van der Waals surface area (Å²) >= 11 is 0. The lowest BCUT2D eigenvalue weighted by Crippen LogP contribution is -2.62. The molecule has 17 heteroatoms. The van der Waals surface area contributed by atoms with Crippen LogP contribution in [0.25, 0.3) is 21.8 Å². The number of rotatable bonds is 12. The number of para-hydroxylation sites is 2. The van der Waals surface area contributed by atoms with Gasteiger partial charge in [0, 0.05) is 62.2 Å². The van der Waals surface area contributed by atoms with Crippen molar-refractivity contribution in [3.8, 4) is 0 Å². The first kappa shape index (κ1) is 54.1. The fraction of sp³-hybridized carbons (Fsp3) is 0.554. The van der Waals surface area contributed by atoms with Gasteiger partial charge in [-0.3, -0.25) is 33.6 Å². The van der Waals surface area contributed by atoms with Gasteiger partial charge < -0.3 is 40.5 Å². The Bertz CT molecular complexity index is 2710. The number of nitrogens with zero attached hydrogens (tertiary/aromatic N) is 6. The van der Waals surface area contributed by atoms with Crippen LogP contribution >= 0.6 is 0 Å². The van der Waals surface area contributed by atoms with Crippen LogP contribution in [0.5, 0.6) is 0 Å². The van der Waals surface area contributed by atoms with E-state index >= 15 is 9.59 Å². The van der Waals surface area contributed by atoms with Gasteiger partial charge in [0.2, 0.25) is 41.4 Å². The number of likely N-dealkylation sites (N-methyl/N-ethyl adjacent to an activating group) is 2. The Hall–Kier alpha value is -6.65. The van der Waals surface area contributed by atoms with Gasteiger partial charge in [-0.15, -0.1) is 6.58 Å². The quantitative estimate of drug-likeness (QED) is 0.138. The van der Waals surface area contributed by atoms with E-state index in [2.05, 4.69) is 37.4 Å². The molecule has 4 aromatic rings. The highest BCUT2D eigenvalue weighted by Crippen LogP contribution is 2.32. The van der Waals surface area contributed by atoms with Crippen molar-refractivity contribution in [2.75, 3.05) is 20.6 Å². The average Bonchev–Trinajstić information content (AvgIpc) is 3.72. The lowest BCUT2D eigenvalue weighted by atomic mass is 9.80. The van der Waals surface area contributed by atoms with Crippen molar-refractivity contribution in [2.45, 2.75) is 161 Å². The molecule has 2 aliphatic heterocycles. The standard InChI is InChI=1S/C56H76N10O7/c1-11-56(7,8)66-32-38(39-21-13-15-23-44(39)66)29-43-54(72)64(10)46(26-33(2)3)51(69)61-42(30-48-57-31-37-20-12-14-22-40(37)59-48)49(67)58-35(6)53(71)63(9)45-24-17-25-65(55(45)73)47(27-34(4)5)52(70)60-41(50(68)62-43)28-36-18-16-19-36/h11-15,20-23,31-36,41-43,45-47H,1,16-19,24-30H2,2-10H3,(H,58,67)(H,60,70)(H,61,69)(H,62,68)/t35-,41-,42-,43-,45-,46-,47-/m0/s1. The minimum Gasteiger partial charge on any atom is -0.343 e. The molecule has 0 radical (unpaired) electrons. The maximum Gasteiger partial charge on any atom is 0.246 e. The zero-order valence-corrected chi connectivity index (χ0v) is 44.2. The number of hydrogen-bond acceptors (Lipinski definition) is 9. The highest BCUT2D eigenvalue weighted by molar-refractivity contribution is 5.99. The van der Waals surface area contributed by atoms with Gasteiger partial charge in [-0.05, 0) is 88.3 Å². The molecule has 1 aliphatic carbocycles. The van der Waals surface area contributed by atoms with Crippen molar-refractivity contribution < 1.29 is 33.6 Å². The van der Waals surface area contributed by atoms with Crippen molar-refractivity contribution in [1.29, 1.82) is 0 Å². The summed E-state index contributed by atoms with van der Waals surface area (Å²) in [5, 5.41) is 13.5. The number of amides is 7. The first-order valence-corrected chi connectivity index (χ1v) is 26.2. The third kappa shape index (κ3) is 12.4. The SMILES string of the molecule is C=CC(C)(C)n1cc(C[C@@H]2NC(=O)[C@H](CC3CCC3)NC(=O)[C@H](CC(C)C)N3CCC[C@@H](C3=O)N(C)C(=O)[C@H](C)NC(=O)[C@H](Cc3ncc4ccccc4n3)NC(=O)[C@H](CC(C)C)N(C)C2=O)c2ccccc21. The molecule has 17 nitrogen and oxygen atoms in total. The molecule has 7 rings (SSSR count). The number of allylic oxidation sites excluding steroid dienone is 1. The van der Waals surface area contributed by atoms with Gasteiger partial charge in [0.25, 0.3) is 0 Å². The molecule has 7 atom stereocenters. The Morgan fingerprint density at radius 3 is 2.03 bits per heavy atom. The summed E-state index contributed by atoms with van der Waals surface area (Å²) < 4.78 is 2.08. The van der Waals surface area contributed by atoms with Crippen LogP contribution < -0.4 is 21.3 Å². The molecule has 1 saturated carbocycles. The number of aromatic nitrogens is 3. The lowest BCUT2D eigenvalue weighted by Gasteiger charge is -2.41. The predicted octanol–water partition coefficient (Wildman–Crippen LogP) is 5.19. The third-order valence-electron chi connectivity index (χ3n) is 15.1. The maximum absolute atomic E-state index is 15.4. The van der Waals surface area contributed by atoms with E-state index < -0.39 is 89.2 Å². The molecule has 3 fully saturated rings. The van der Waals surface area contributed by atoms with Crippen molar-refractivity contribution in [1.82, 2.24) is 50.5 Å². The van der Waals surface area contributed by atoms with Gasteiger partial charge in [-0.2, -0.15) is 0 Å². The lowest BCUT2D eigenvalue weighted by molar-refractivity contribution is -0.153. The fourth-order valence-corrected chi connectivity index (χ4v) is 10.5. The summed E-state index contributed by atoms with van der Waals surface area (Å²) in [5.41, 5.74) is 1.77. The number of hydrogen-bond donors (Lipinski definition) is 4. The van der Waals surface area contributed by atoms with Gasteiger partial charge in [0.1, 0.15) is 48.1 Å². The second-order valence-electron chi connectivity index (χ2n) is 22.0. The van der Waals surface area contributed by atoms with Crippen molar-refractivity contribution in [2.24, 2.45) is 17.8 Å². The van der Waals surface area contributed by atoms with Crippen molar-refractivity contribution >= 4 is 63.2 Å². The molecular formula is C56H76N10O7. The summed E-state index contributed by atoms with van der Waals surface area (Å²) in [6.45, 7) is 17.7. The van der Waals surface area contributed by atoms with E-state index in [0.717, 1.165) is 41.1 Å². The molecule has 0 spiro atoms. The smallest absolute Gasteiger partial charge is 0.246 e. The summed E-state index contributed by atoms with van der Waals surface area (Å²) in [6.07, 6.45) is 9.70. The van der Waals surface area contributed by atoms with E-state index in [1.807, 2.05) is 102 Å². The highest BCUT2D eigenvalue weighted by atomic mass is 16.2. The van der Waals surface area contributed by atoms with Gasteiger partial charge in [-0.1, -0.05) is 89.4 Å². The summed E-state index contributed by atoms with van der Waals surface area (Å²) in [5.74, 6) is -3.63. The summed E-state index contributed by atoms with van der Waals surface area (Å²) in [7, 11) is 3.04. The molecule has 2 aromatic carbocycles. The fourth-order valence-electron chi connectivity index (χ4n) is 10.5. The minimum atomic E-state index is -1.32. The van der Waals surface area contributed by atoms with Crippen LogP contribution in [0.4, 0.5) is 0 Å². The van der Waals surface area contributed by atoms with Gasteiger partial charge in [-0.25, -0.2) is 9.97 Å².